The second kappa shape index (κ2) is 9.82. The van der Waals surface area contributed by atoms with Crippen LogP contribution in [0, 0.1) is 0 Å². The van der Waals surface area contributed by atoms with Crippen molar-refractivity contribution in [3.05, 3.63) is 25.3 Å². The van der Waals surface area contributed by atoms with Crippen molar-refractivity contribution in [2.45, 2.75) is 45.4 Å². The SMILES string of the molecule is C=C.CCCCCCCCN1C(=O)C=CC1=O. The number of carbonyl (C=O) groups is 2. The minimum Gasteiger partial charge on any atom is -0.275 e. The number of imide groups is 1. The van der Waals surface area contributed by atoms with Crippen molar-refractivity contribution in [1.82, 2.24) is 4.90 Å². The van der Waals surface area contributed by atoms with Crippen LogP contribution in [0.15, 0.2) is 25.3 Å². The van der Waals surface area contributed by atoms with Gasteiger partial charge in [-0.2, -0.15) is 0 Å². The third kappa shape index (κ3) is 6.05. The van der Waals surface area contributed by atoms with Crippen molar-refractivity contribution in [2.75, 3.05) is 6.54 Å². The van der Waals surface area contributed by atoms with Gasteiger partial charge in [0.05, 0.1) is 0 Å². The third-order valence-electron chi connectivity index (χ3n) is 2.64. The molecule has 0 aromatic heterocycles. The van der Waals surface area contributed by atoms with E-state index in [0.29, 0.717) is 6.54 Å². The molecule has 0 radical (unpaired) electrons. The molecule has 1 aliphatic heterocycles. The summed E-state index contributed by atoms with van der Waals surface area (Å²) in [7, 11) is 0. The highest BCUT2D eigenvalue weighted by atomic mass is 16.2. The Morgan fingerprint density at radius 1 is 0.941 bits per heavy atom. The molecular formula is C14H23NO2. The molecule has 1 heterocycles. The zero-order valence-electron chi connectivity index (χ0n) is 10.8. The lowest BCUT2D eigenvalue weighted by atomic mass is 10.1. The number of nitrogens with zero attached hydrogens (tertiary/aromatic N) is 1. The maximum absolute atomic E-state index is 11.2. The Bertz CT molecular complexity index is 253. The summed E-state index contributed by atoms with van der Waals surface area (Å²) in [5.74, 6) is -0.317. The van der Waals surface area contributed by atoms with Crippen LogP contribution < -0.4 is 0 Å². The van der Waals surface area contributed by atoms with Crippen LogP contribution in [0.25, 0.3) is 0 Å². The van der Waals surface area contributed by atoms with Crippen molar-refractivity contribution >= 4 is 11.8 Å². The van der Waals surface area contributed by atoms with Gasteiger partial charge in [0.25, 0.3) is 11.8 Å². The molecule has 0 saturated carbocycles. The number of unbranched alkanes of at least 4 members (excludes halogenated alkanes) is 5. The lowest BCUT2D eigenvalue weighted by molar-refractivity contribution is -0.136. The van der Waals surface area contributed by atoms with E-state index < -0.39 is 0 Å². The van der Waals surface area contributed by atoms with Gasteiger partial charge in [0.15, 0.2) is 0 Å². The van der Waals surface area contributed by atoms with Crippen molar-refractivity contribution in [3.8, 4) is 0 Å². The van der Waals surface area contributed by atoms with Crippen LogP contribution in [0.3, 0.4) is 0 Å². The Hall–Kier alpha value is -1.38. The maximum atomic E-state index is 11.2. The predicted octanol–water partition coefficient (Wildman–Crippen LogP) is 3.07. The molecule has 1 aliphatic rings. The average Bonchev–Trinajstić information content (AvgIpc) is 2.67. The monoisotopic (exact) mass is 237 g/mol. The summed E-state index contributed by atoms with van der Waals surface area (Å²) in [6.45, 7) is 8.77. The fraction of sp³-hybridized carbons (Fsp3) is 0.571. The highest BCUT2D eigenvalue weighted by Gasteiger charge is 2.21. The molecule has 0 fully saturated rings. The molecule has 1 rings (SSSR count). The normalized spacial score (nSPS) is 13.8. The van der Waals surface area contributed by atoms with Gasteiger partial charge in [-0.25, -0.2) is 0 Å². The Balaban J connectivity index is 0.00000121. The van der Waals surface area contributed by atoms with Crippen LogP contribution in [0.4, 0.5) is 0 Å². The lowest BCUT2D eigenvalue weighted by Gasteiger charge is -2.12. The fourth-order valence-corrected chi connectivity index (χ4v) is 1.70. The third-order valence-corrected chi connectivity index (χ3v) is 2.64. The van der Waals surface area contributed by atoms with Crippen molar-refractivity contribution in [1.29, 1.82) is 0 Å². The summed E-state index contributed by atoms with van der Waals surface area (Å²) in [6, 6.07) is 0. The smallest absolute Gasteiger partial charge is 0.253 e. The minimum absolute atomic E-state index is 0.159. The first-order valence-electron chi connectivity index (χ1n) is 6.29. The molecule has 3 heteroatoms. The van der Waals surface area contributed by atoms with E-state index >= 15 is 0 Å². The second-order valence-electron chi connectivity index (χ2n) is 3.93. The van der Waals surface area contributed by atoms with Gasteiger partial charge in [-0.15, -0.1) is 13.2 Å². The van der Waals surface area contributed by atoms with Crippen LogP contribution >= 0.6 is 0 Å². The Morgan fingerprint density at radius 3 is 1.94 bits per heavy atom. The molecule has 0 aromatic carbocycles. The Morgan fingerprint density at radius 2 is 1.41 bits per heavy atom. The molecule has 96 valence electrons. The van der Waals surface area contributed by atoms with Crippen LogP contribution in [-0.4, -0.2) is 23.3 Å². The number of carbonyl (C=O) groups excluding carboxylic acids is 2. The summed E-state index contributed by atoms with van der Waals surface area (Å²) in [5, 5.41) is 0. The molecule has 2 amide bonds. The van der Waals surface area contributed by atoms with E-state index in [4.69, 9.17) is 0 Å². The van der Waals surface area contributed by atoms with Gasteiger partial charge in [0.2, 0.25) is 0 Å². The summed E-state index contributed by atoms with van der Waals surface area (Å²) < 4.78 is 0. The molecule has 0 atom stereocenters. The largest absolute Gasteiger partial charge is 0.275 e. The van der Waals surface area contributed by atoms with E-state index in [9.17, 15) is 9.59 Å². The zero-order chi connectivity index (χ0) is 13.1. The van der Waals surface area contributed by atoms with Gasteiger partial charge in [0.1, 0.15) is 0 Å². The second-order valence-corrected chi connectivity index (χ2v) is 3.93. The van der Waals surface area contributed by atoms with Crippen molar-refractivity contribution < 1.29 is 9.59 Å². The quantitative estimate of drug-likeness (QED) is 0.387. The van der Waals surface area contributed by atoms with E-state index in [1.54, 1.807) is 0 Å². The highest BCUT2D eigenvalue weighted by Crippen LogP contribution is 2.09. The zero-order valence-corrected chi connectivity index (χ0v) is 10.8. The van der Waals surface area contributed by atoms with Gasteiger partial charge in [-0.1, -0.05) is 39.0 Å². The molecule has 0 aliphatic carbocycles. The first kappa shape index (κ1) is 15.6. The molecule has 3 nitrogen and oxygen atoms in total. The molecule has 0 aromatic rings. The fourth-order valence-electron chi connectivity index (χ4n) is 1.70. The number of hydrogen-bond donors (Lipinski definition) is 0. The molecule has 0 bridgehead atoms. The van der Waals surface area contributed by atoms with E-state index in [0.717, 1.165) is 12.8 Å². The van der Waals surface area contributed by atoms with Crippen LogP contribution in [0.2, 0.25) is 0 Å². The number of amides is 2. The molecule has 0 unspecified atom stereocenters. The first-order valence-corrected chi connectivity index (χ1v) is 6.29. The Kier molecular flexibility index (Phi) is 9.02. The predicted molar refractivity (Wildman–Crippen MR) is 70.5 cm³/mol. The molecule has 17 heavy (non-hydrogen) atoms. The summed E-state index contributed by atoms with van der Waals surface area (Å²) >= 11 is 0. The summed E-state index contributed by atoms with van der Waals surface area (Å²) in [5.41, 5.74) is 0. The minimum atomic E-state index is -0.159. The molecule has 0 spiro atoms. The van der Waals surface area contributed by atoms with Crippen LogP contribution in [0.1, 0.15) is 45.4 Å². The van der Waals surface area contributed by atoms with Gasteiger partial charge < -0.3 is 0 Å². The van der Waals surface area contributed by atoms with Crippen molar-refractivity contribution in [2.24, 2.45) is 0 Å². The van der Waals surface area contributed by atoms with E-state index in [1.165, 1.54) is 42.7 Å². The Labute approximate surface area is 104 Å². The van der Waals surface area contributed by atoms with Crippen LogP contribution in [-0.2, 0) is 9.59 Å². The van der Waals surface area contributed by atoms with E-state index in [-0.39, 0.29) is 11.8 Å². The molecule has 0 saturated heterocycles. The standard InChI is InChI=1S/C12H19NO2.C2H4/c1-2-3-4-5-6-7-10-13-11(14)8-9-12(13)15;1-2/h8-9H,2-7,10H2,1H3;1-2H2. The van der Waals surface area contributed by atoms with E-state index in [1.807, 2.05) is 0 Å². The summed E-state index contributed by atoms with van der Waals surface area (Å²) in [4.78, 5) is 23.7. The average molecular weight is 237 g/mol. The number of hydrogen-bond acceptors (Lipinski definition) is 2. The highest BCUT2D eigenvalue weighted by molar-refractivity contribution is 6.12. The maximum Gasteiger partial charge on any atom is 0.253 e. The van der Waals surface area contributed by atoms with E-state index in [2.05, 4.69) is 20.1 Å². The topological polar surface area (TPSA) is 37.4 Å². The first-order chi connectivity index (χ1) is 8.25. The van der Waals surface area contributed by atoms with Crippen LogP contribution in [0.5, 0.6) is 0 Å². The molecular weight excluding hydrogens is 214 g/mol. The van der Waals surface area contributed by atoms with Gasteiger partial charge in [0, 0.05) is 18.7 Å². The van der Waals surface area contributed by atoms with Crippen molar-refractivity contribution in [3.63, 3.8) is 0 Å². The summed E-state index contributed by atoms with van der Waals surface area (Å²) in [6.07, 6.45) is 9.73. The van der Waals surface area contributed by atoms with Gasteiger partial charge in [-0.3, -0.25) is 14.5 Å². The van der Waals surface area contributed by atoms with Gasteiger partial charge in [-0.05, 0) is 6.42 Å². The van der Waals surface area contributed by atoms with Gasteiger partial charge >= 0.3 is 0 Å². The molecule has 0 N–H and O–H groups in total. The number of rotatable bonds is 7. The lowest BCUT2D eigenvalue weighted by Crippen LogP contribution is -2.30.